The first-order chi connectivity index (χ1) is 13.1. The van der Waals surface area contributed by atoms with E-state index >= 15 is 0 Å². The van der Waals surface area contributed by atoms with Crippen LogP contribution in [0.5, 0.6) is 5.75 Å². The van der Waals surface area contributed by atoms with E-state index in [1.165, 1.54) is 17.4 Å². The summed E-state index contributed by atoms with van der Waals surface area (Å²) in [5.74, 6) is 0.00798. The van der Waals surface area contributed by atoms with Crippen LogP contribution in [0, 0.1) is 6.92 Å². The van der Waals surface area contributed by atoms with Gasteiger partial charge < -0.3 is 9.15 Å². The van der Waals surface area contributed by atoms with Crippen LogP contribution >= 0.6 is 11.3 Å². The zero-order valence-corrected chi connectivity index (χ0v) is 15.3. The fourth-order valence-electron chi connectivity index (χ4n) is 2.72. The maximum Gasteiger partial charge on any atom is 0.305 e. The monoisotopic (exact) mass is 381 g/mol. The normalized spacial score (nSPS) is 10.9. The van der Waals surface area contributed by atoms with E-state index < -0.39 is 5.91 Å². The summed E-state index contributed by atoms with van der Waals surface area (Å²) >= 11 is 1.39. The van der Waals surface area contributed by atoms with Gasteiger partial charge in [-0.15, -0.1) is 0 Å². The predicted molar refractivity (Wildman–Crippen MR) is 104 cm³/mol. The molecule has 8 heteroatoms. The number of methoxy groups -OCH3 is 1. The van der Waals surface area contributed by atoms with E-state index in [1.807, 2.05) is 19.1 Å². The van der Waals surface area contributed by atoms with Crippen molar-refractivity contribution >= 4 is 43.6 Å². The smallest absolute Gasteiger partial charge is 0.305 e. The molecule has 27 heavy (non-hydrogen) atoms. The SMILES string of the molecule is COc1ccc(C)c2sc(NNC(=O)c3cc(=O)c4ccccc4o3)nc12. The van der Waals surface area contributed by atoms with Gasteiger partial charge in [-0.25, -0.2) is 4.98 Å². The lowest BCUT2D eigenvalue weighted by molar-refractivity contribution is 0.0936. The number of amides is 1. The Balaban J connectivity index is 1.59. The molecule has 0 unspecified atom stereocenters. The number of carbonyl (C=O) groups is 1. The quantitative estimate of drug-likeness (QED) is 0.526. The molecule has 2 aromatic heterocycles. The second-order valence-electron chi connectivity index (χ2n) is 5.83. The summed E-state index contributed by atoms with van der Waals surface area (Å²) in [5, 5.41) is 0.921. The van der Waals surface area contributed by atoms with Crippen molar-refractivity contribution in [2.45, 2.75) is 6.92 Å². The van der Waals surface area contributed by atoms with Crippen molar-refractivity contribution in [2.24, 2.45) is 0 Å². The molecule has 0 aliphatic carbocycles. The van der Waals surface area contributed by atoms with Crippen LogP contribution in [0.1, 0.15) is 16.1 Å². The third kappa shape index (κ3) is 3.11. The molecule has 2 N–H and O–H groups in total. The van der Waals surface area contributed by atoms with Crippen LogP contribution in [0.25, 0.3) is 21.2 Å². The molecule has 136 valence electrons. The third-order valence-corrected chi connectivity index (χ3v) is 5.17. The lowest BCUT2D eigenvalue weighted by Crippen LogP contribution is -2.29. The van der Waals surface area contributed by atoms with Crippen molar-refractivity contribution in [1.82, 2.24) is 10.4 Å². The second kappa shape index (κ2) is 6.73. The van der Waals surface area contributed by atoms with Gasteiger partial charge in [-0.05, 0) is 30.7 Å². The number of carbonyl (C=O) groups excluding carboxylic acids is 1. The number of benzene rings is 2. The molecule has 2 heterocycles. The number of aryl methyl sites for hydroxylation is 1. The Labute approximate surface area is 157 Å². The number of hydrogen-bond acceptors (Lipinski definition) is 7. The summed E-state index contributed by atoms with van der Waals surface area (Å²) in [6, 6.07) is 11.7. The minimum absolute atomic E-state index is 0.0823. The number of aromatic nitrogens is 1. The van der Waals surface area contributed by atoms with Crippen LogP contribution in [0.3, 0.4) is 0 Å². The Morgan fingerprint density at radius 1 is 1.22 bits per heavy atom. The van der Waals surface area contributed by atoms with Crippen LogP contribution in [0.2, 0.25) is 0 Å². The first-order valence-corrected chi connectivity index (χ1v) is 8.92. The Hall–Kier alpha value is -3.39. The molecule has 0 aliphatic heterocycles. The van der Waals surface area contributed by atoms with E-state index in [0.717, 1.165) is 15.8 Å². The standard InChI is InChI=1S/C19H15N3O4S/c1-10-7-8-14(25-2)16-17(10)27-19(20-16)22-21-18(24)15-9-12(23)11-5-3-4-6-13(11)26-15/h3-9H,1-2H3,(H,20,22)(H,21,24). The minimum Gasteiger partial charge on any atom is -0.494 e. The Morgan fingerprint density at radius 2 is 2.04 bits per heavy atom. The van der Waals surface area contributed by atoms with Gasteiger partial charge in [0.25, 0.3) is 0 Å². The highest BCUT2D eigenvalue weighted by molar-refractivity contribution is 7.22. The van der Waals surface area contributed by atoms with Crippen molar-refractivity contribution in [3.8, 4) is 5.75 Å². The predicted octanol–water partition coefficient (Wildman–Crippen LogP) is 3.48. The number of fused-ring (bicyclic) bond motifs is 2. The molecule has 7 nitrogen and oxygen atoms in total. The first kappa shape index (κ1) is 17.0. The molecule has 0 bridgehead atoms. The van der Waals surface area contributed by atoms with E-state index in [2.05, 4.69) is 15.8 Å². The number of rotatable bonds is 4. The Kier molecular flexibility index (Phi) is 4.25. The van der Waals surface area contributed by atoms with Crippen LogP contribution in [-0.2, 0) is 0 Å². The number of hydrogen-bond donors (Lipinski definition) is 2. The molecule has 2 aromatic carbocycles. The fourth-order valence-corrected chi connectivity index (χ4v) is 3.62. The number of hydrazine groups is 1. The van der Waals surface area contributed by atoms with Crippen LogP contribution in [0.4, 0.5) is 5.13 Å². The molecule has 4 aromatic rings. The van der Waals surface area contributed by atoms with Gasteiger partial charge in [-0.2, -0.15) is 0 Å². The largest absolute Gasteiger partial charge is 0.494 e. The van der Waals surface area contributed by atoms with Crippen LogP contribution < -0.4 is 21.0 Å². The fraction of sp³-hybridized carbons (Fsp3) is 0.105. The summed E-state index contributed by atoms with van der Waals surface area (Å²) in [5.41, 5.74) is 7.14. The highest BCUT2D eigenvalue weighted by Crippen LogP contribution is 2.34. The summed E-state index contributed by atoms with van der Waals surface area (Å²) < 4.78 is 11.8. The zero-order chi connectivity index (χ0) is 19.0. The van der Waals surface area contributed by atoms with Gasteiger partial charge in [0.1, 0.15) is 16.8 Å². The second-order valence-corrected chi connectivity index (χ2v) is 6.83. The first-order valence-electron chi connectivity index (χ1n) is 8.10. The van der Waals surface area contributed by atoms with Gasteiger partial charge in [0.15, 0.2) is 11.2 Å². The summed E-state index contributed by atoms with van der Waals surface area (Å²) in [6.07, 6.45) is 0. The van der Waals surface area contributed by atoms with E-state index in [4.69, 9.17) is 9.15 Å². The van der Waals surface area contributed by atoms with Crippen LogP contribution in [-0.4, -0.2) is 18.0 Å². The number of para-hydroxylation sites is 1. The van der Waals surface area contributed by atoms with Crippen molar-refractivity contribution in [3.05, 3.63) is 64.0 Å². The van der Waals surface area contributed by atoms with Gasteiger partial charge in [-0.3, -0.25) is 20.4 Å². The van der Waals surface area contributed by atoms with Crippen molar-refractivity contribution < 1.29 is 13.9 Å². The molecule has 0 saturated carbocycles. The lowest BCUT2D eigenvalue weighted by Gasteiger charge is -2.05. The molecule has 0 fully saturated rings. The summed E-state index contributed by atoms with van der Waals surface area (Å²) in [4.78, 5) is 28.9. The summed E-state index contributed by atoms with van der Waals surface area (Å²) in [6.45, 7) is 1.98. The average molecular weight is 381 g/mol. The number of nitrogens with zero attached hydrogens (tertiary/aromatic N) is 1. The van der Waals surface area contributed by atoms with Crippen molar-refractivity contribution in [2.75, 3.05) is 12.5 Å². The molecule has 0 spiro atoms. The van der Waals surface area contributed by atoms with Crippen LogP contribution in [0.15, 0.2) is 51.7 Å². The Morgan fingerprint density at radius 3 is 2.85 bits per heavy atom. The van der Waals surface area contributed by atoms with E-state index in [9.17, 15) is 9.59 Å². The molecule has 1 amide bonds. The van der Waals surface area contributed by atoms with Crippen molar-refractivity contribution in [3.63, 3.8) is 0 Å². The summed E-state index contributed by atoms with van der Waals surface area (Å²) in [7, 11) is 1.58. The molecule has 0 atom stereocenters. The van der Waals surface area contributed by atoms with Crippen molar-refractivity contribution in [1.29, 1.82) is 0 Å². The van der Waals surface area contributed by atoms with Gasteiger partial charge in [0, 0.05) is 6.07 Å². The molecule has 0 aliphatic rings. The van der Waals surface area contributed by atoms with Gasteiger partial charge in [-0.1, -0.05) is 29.5 Å². The maximum absolute atomic E-state index is 12.4. The van der Waals surface area contributed by atoms with E-state index in [0.29, 0.717) is 21.9 Å². The Bertz CT molecular complexity index is 1230. The third-order valence-electron chi connectivity index (χ3n) is 4.06. The molecule has 0 radical (unpaired) electrons. The number of ether oxygens (including phenoxy) is 1. The number of nitrogens with one attached hydrogen (secondary N) is 2. The minimum atomic E-state index is -0.569. The average Bonchev–Trinajstić information content (AvgIpc) is 3.11. The topological polar surface area (TPSA) is 93.5 Å². The van der Waals surface area contributed by atoms with E-state index in [1.54, 1.807) is 31.4 Å². The maximum atomic E-state index is 12.4. The highest BCUT2D eigenvalue weighted by atomic mass is 32.1. The van der Waals surface area contributed by atoms with Gasteiger partial charge in [0.05, 0.1) is 17.2 Å². The molecule has 0 saturated heterocycles. The van der Waals surface area contributed by atoms with E-state index in [-0.39, 0.29) is 11.2 Å². The van der Waals surface area contributed by atoms with Gasteiger partial charge in [0.2, 0.25) is 5.13 Å². The number of anilines is 1. The lowest BCUT2D eigenvalue weighted by atomic mass is 10.2. The molecular weight excluding hydrogens is 366 g/mol. The zero-order valence-electron chi connectivity index (χ0n) is 14.5. The highest BCUT2D eigenvalue weighted by Gasteiger charge is 2.14. The molecule has 4 rings (SSSR count). The molecular formula is C19H15N3O4S. The van der Waals surface area contributed by atoms with Gasteiger partial charge >= 0.3 is 5.91 Å². The number of thiazole rings is 1.